The van der Waals surface area contributed by atoms with E-state index in [1.54, 1.807) is 0 Å². The average molecular weight is 196 g/mol. The third kappa shape index (κ3) is 2.12. The van der Waals surface area contributed by atoms with Crippen molar-refractivity contribution in [3.8, 4) is 0 Å². The number of nitrogens with one attached hydrogen (secondary N) is 1. The Bertz CT molecular complexity index is 183. The van der Waals surface area contributed by atoms with Gasteiger partial charge < -0.3 is 5.32 Å². The second kappa shape index (κ2) is 3.82. The molecule has 0 aromatic heterocycles. The highest BCUT2D eigenvalue weighted by molar-refractivity contribution is 4.92. The lowest BCUT2D eigenvalue weighted by Crippen LogP contribution is -2.59. The van der Waals surface area contributed by atoms with Crippen LogP contribution in [0.15, 0.2) is 0 Å². The number of rotatable bonds is 1. The lowest BCUT2D eigenvalue weighted by molar-refractivity contribution is -0.0134. The maximum absolute atomic E-state index is 3.50. The minimum atomic E-state index is 0.512. The van der Waals surface area contributed by atoms with Gasteiger partial charge in [-0.05, 0) is 30.7 Å². The van der Waals surface area contributed by atoms with Crippen molar-refractivity contribution in [1.82, 2.24) is 10.2 Å². The average Bonchev–Trinajstić information content (AvgIpc) is 2.00. The highest BCUT2D eigenvalue weighted by atomic mass is 15.2. The van der Waals surface area contributed by atoms with Gasteiger partial charge in [0.1, 0.15) is 0 Å². The zero-order valence-corrected chi connectivity index (χ0v) is 9.84. The second-order valence-corrected chi connectivity index (χ2v) is 6.02. The molecule has 14 heavy (non-hydrogen) atoms. The highest BCUT2D eigenvalue weighted by Gasteiger charge is 2.38. The van der Waals surface area contributed by atoms with Gasteiger partial charge in [0.25, 0.3) is 0 Å². The van der Waals surface area contributed by atoms with Crippen LogP contribution in [-0.4, -0.2) is 37.1 Å². The second-order valence-electron chi connectivity index (χ2n) is 6.02. The molecule has 82 valence electrons. The fraction of sp³-hybridized carbons (Fsp3) is 1.00. The van der Waals surface area contributed by atoms with Crippen LogP contribution in [0.2, 0.25) is 0 Å². The van der Waals surface area contributed by atoms with Crippen LogP contribution in [0.3, 0.4) is 0 Å². The summed E-state index contributed by atoms with van der Waals surface area (Å²) < 4.78 is 0. The standard InChI is InChI=1S/C12H24N2/c1-12(2,3)10-8-14(9-10)11-5-4-6-13-7-11/h10-11,13H,4-9H2,1-3H3. The Hall–Kier alpha value is -0.0800. The first kappa shape index (κ1) is 10.4. The van der Waals surface area contributed by atoms with Crippen LogP contribution in [-0.2, 0) is 0 Å². The first-order valence-electron chi connectivity index (χ1n) is 6.02. The van der Waals surface area contributed by atoms with Crippen LogP contribution in [0.25, 0.3) is 0 Å². The lowest BCUT2D eigenvalue weighted by atomic mass is 9.75. The zero-order chi connectivity index (χ0) is 10.2. The van der Waals surface area contributed by atoms with Gasteiger partial charge in [0.05, 0.1) is 0 Å². The maximum atomic E-state index is 3.50. The van der Waals surface area contributed by atoms with Crippen LogP contribution >= 0.6 is 0 Å². The SMILES string of the molecule is CC(C)(C)C1CN(C2CCCNC2)C1. The van der Waals surface area contributed by atoms with E-state index in [0.29, 0.717) is 5.41 Å². The van der Waals surface area contributed by atoms with Crippen LogP contribution in [0.5, 0.6) is 0 Å². The fourth-order valence-corrected chi connectivity index (χ4v) is 2.50. The van der Waals surface area contributed by atoms with Crippen molar-refractivity contribution >= 4 is 0 Å². The molecule has 2 heteroatoms. The van der Waals surface area contributed by atoms with E-state index >= 15 is 0 Å². The smallest absolute Gasteiger partial charge is 0.0221 e. The Morgan fingerprint density at radius 3 is 2.43 bits per heavy atom. The van der Waals surface area contributed by atoms with Crippen molar-refractivity contribution in [1.29, 1.82) is 0 Å². The molecule has 0 aliphatic carbocycles. The Morgan fingerprint density at radius 2 is 1.93 bits per heavy atom. The Balaban J connectivity index is 1.76. The first-order chi connectivity index (χ1) is 6.57. The number of hydrogen-bond acceptors (Lipinski definition) is 2. The molecule has 2 rings (SSSR count). The summed E-state index contributed by atoms with van der Waals surface area (Å²) in [7, 11) is 0. The molecule has 0 saturated carbocycles. The third-order valence-corrected chi connectivity index (χ3v) is 3.92. The zero-order valence-electron chi connectivity index (χ0n) is 9.84. The van der Waals surface area contributed by atoms with Crippen molar-refractivity contribution in [2.24, 2.45) is 11.3 Å². The van der Waals surface area contributed by atoms with E-state index in [-0.39, 0.29) is 0 Å². The van der Waals surface area contributed by atoms with Gasteiger partial charge in [-0.15, -0.1) is 0 Å². The largest absolute Gasteiger partial charge is 0.315 e. The maximum Gasteiger partial charge on any atom is 0.0221 e. The molecule has 2 heterocycles. The van der Waals surface area contributed by atoms with Crippen molar-refractivity contribution in [2.45, 2.75) is 39.7 Å². The summed E-state index contributed by atoms with van der Waals surface area (Å²) in [6, 6.07) is 0.836. The van der Waals surface area contributed by atoms with Crippen LogP contribution in [0.4, 0.5) is 0 Å². The molecule has 1 atom stereocenters. The first-order valence-corrected chi connectivity index (χ1v) is 6.02. The lowest BCUT2D eigenvalue weighted by Gasteiger charge is -2.50. The topological polar surface area (TPSA) is 15.3 Å². The van der Waals surface area contributed by atoms with Crippen molar-refractivity contribution in [3.63, 3.8) is 0 Å². The van der Waals surface area contributed by atoms with E-state index in [1.807, 2.05) is 0 Å². The fourth-order valence-electron chi connectivity index (χ4n) is 2.50. The van der Waals surface area contributed by atoms with Crippen molar-refractivity contribution in [2.75, 3.05) is 26.2 Å². The molecule has 0 radical (unpaired) electrons. The molecule has 0 bridgehead atoms. The monoisotopic (exact) mass is 196 g/mol. The summed E-state index contributed by atoms with van der Waals surface area (Å²) in [5, 5.41) is 3.50. The molecule has 0 amide bonds. The molecule has 0 spiro atoms. The van der Waals surface area contributed by atoms with E-state index in [1.165, 1.54) is 39.0 Å². The quantitative estimate of drug-likeness (QED) is 0.687. The third-order valence-electron chi connectivity index (χ3n) is 3.92. The normalized spacial score (nSPS) is 31.5. The van der Waals surface area contributed by atoms with E-state index in [4.69, 9.17) is 0 Å². The molecule has 2 aliphatic heterocycles. The Kier molecular flexibility index (Phi) is 2.85. The molecule has 1 unspecified atom stereocenters. The number of likely N-dealkylation sites (tertiary alicyclic amines) is 1. The summed E-state index contributed by atoms with van der Waals surface area (Å²) in [4.78, 5) is 2.67. The number of nitrogens with zero attached hydrogens (tertiary/aromatic N) is 1. The van der Waals surface area contributed by atoms with Gasteiger partial charge in [-0.3, -0.25) is 4.90 Å². The van der Waals surface area contributed by atoms with E-state index in [0.717, 1.165) is 12.0 Å². The van der Waals surface area contributed by atoms with E-state index < -0.39 is 0 Å². The summed E-state index contributed by atoms with van der Waals surface area (Å²) in [5.41, 5.74) is 0.512. The predicted molar refractivity (Wildman–Crippen MR) is 60.4 cm³/mol. The van der Waals surface area contributed by atoms with E-state index in [2.05, 4.69) is 31.0 Å². The number of hydrogen-bond donors (Lipinski definition) is 1. The van der Waals surface area contributed by atoms with Crippen LogP contribution in [0.1, 0.15) is 33.6 Å². The minimum Gasteiger partial charge on any atom is -0.315 e. The Labute approximate surface area is 88.1 Å². The summed E-state index contributed by atoms with van der Waals surface area (Å²) >= 11 is 0. The summed E-state index contributed by atoms with van der Waals surface area (Å²) in [6.07, 6.45) is 2.77. The molecular formula is C12H24N2. The molecular weight excluding hydrogens is 172 g/mol. The molecule has 0 aromatic carbocycles. The van der Waals surface area contributed by atoms with Crippen LogP contribution in [0, 0.1) is 11.3 Å². The van der Waals surface area contributed by atoms with E-state index in [9.17, 15) is 0 Å². The molecule has 2 saturated heterocycles. The van der Waals surface area contributed by atoms with Crippen molar-refractivity contribution < 1.29 is 0 Å². The van der Waals surface area contributed by atoms with Gasteiger partial charge in [-0.2, -0.15) is 0 Å². The van der Waals surface area contributed by atoms with Crippen LogP contribution < -0.4 is 5.32 Å². The molecule has 2 nitrogen and oxygen atoms in total. The van der Waals surface area contributed by atoms with Gasteiger partial charge in [-0.25, -0.2) is 0 Å². The van der Waals surface area contributed by atoms with Gasteiger partial charge >= 0.3 is 0 Å². The molecule has 2 aliphatic rings. The van der Waals surface area contributed by atoms with Gasteiger partial charge in [0.2, 0.25) is 0 Å². The molecule has 1 N–H and O–H groups in total. The van der Waals surface area contributed by atoms with Gasteiger partial charge in [-0.1, -0.05) is 20.8 Å². The minimum absolute atomic E-state index is 0.512. The van der Waals surface area contributed by atoms with Gasteiger partial charge in [0, 0.05) is 25.7 Å². The molecule has 0 aromatic rings. The predicted octanol–water partition coefficient (Wildman–Crippen LogP) is 1.72. The summed E-state index contributed by atoms with van der Waals surface area (Å²) in [5.74, 6) is 0.921. The Morgan fingerprint density at radius 1 is 1.21 bits per heavy atom. The summed E-state index contributed by atoms with van der Waals surface area (Å²) in [6.45, 7) is 12.2. The van der Waals surface area contributed by atoms with Crippen molar-refractivity contribution in [3.05, 3.63) is 0 Å². The molecule has 2 fully saturated rings. The highest BCUT2D eigenvalue weighted by Crippen LogP contribution is 2.35. The van der Waals surface area contributed by atoms with Gasteiger partial charge in [0.15, 0.2) is 0 Å². The number of piperidine rings is 1.